The SMILES string of the molecule is [2H]c1c(C([2H])([2H])[C@]2([2H])N([2H])C(=O)OC2([2H])[2H])c([2H])c2c(CC([2H])([2H])N(C([2H])([2H])[2H])C([2H])([2H])[2H])cn([2H])c2c1[2H]. The number of ether oxygens (including phenoxy) is 1. The van der Waals surface area contributed by atoms with Crippen molar-refractivity contribution in [1.82, 2.24) is 15.2 Å². The number of nitrogens with one attached hydrogen (secondary N) is 2. The summed E-state index contributed by atoms with van der Waals surface area (Å²) in [6.45, 7) is -13.7. The molecule has 0 saturated carbocycles. The number of aromatic nitrogens is 1. The summed E-state index contributed by atoms with van der Waals surface area (Å²) in [6.07, 6.45) is -5.66. The largest absolute Gasteiger partial charge is 0.447 e. The Bertz CT molecular complexity index is 1320. The molecule has 0 spiro atoms. The number of carbonyl (C=O) groups excluding carboxylic acids is 1. The second-order valence-corrected chi connectivity index (χ2v) is 3.98. The molecule has 21 heavy (non-hydrogen) atoms. The lowest BCUT2D eigenvalue weighted by atomic mass is 10.0. The number of carbonyl (C=O) groups is 1. The van der Waals surface area contributed by atoms with Crippen molar-refractivity contribution in [3.63, 3.8) is 0 Å². The van der Waals surface area contributed by atoms with E-state index in [2.05, 4.69) is 4.74 Å². The van der Waals surface area contributed by atoms with Crippen LogP contribution >= 0.6 is 0 Å². The molecule has 1 aromatic heterocycles. The van der Waals surface area contributed by atoms with Crippen LogP contribution in [-0.4, -0.2) is 49.0 Å². The second-order valence-electron chi connectivity index (χ2n) is 3.98. The Morgan fingerprint density at radius 3 is 3.38 bits per heavy atom. The van der Waals surface area contributed by atoms with Crippen molar-refractivity contribution >= 4 is 17.0 Å². The number of hydrogen-bond acceptors (Lipinski definition) is 3. The molecule has 3 rings (SSSR count). The molecule has 1 atom stereocenters. The predicted octanol–water partition coefficient (Wildman–Crippen LogP) is 1.92. The normalized spacial score (nSPS) is 39.7. The van der Waals surface area contributed by atoms with E-state index in [4.69, 9.17) is 24.8 Å². The van der Waals surface area contributed by atoms with E-state index in [1.54, 1.807) is 0 Å². The Kier molecular flexibility index (Phi) is 1.11. The zero-order valence-corrected chi connectivity index (χ0v) is 10.4. The second kappa shape index (κ2) is 5.77. The lowest BCUT2D eigenvalue weighted by Crippen LogP contribution is -2.28. The van der Waals surface area contributed by atoms with E-state index in [1.807, 2.05) is 0 Å². The molecule has 1 aliphatic rings. The summed E-state index contributed by atoms with van der Waals surface area (Å²) in [7, 11) is 0. The monoisotopic (exact) mass is 305 g/mol. The molecule has 0 bridgehead atoms. The summed E-state index contributed by atoms with van der Waals surface area (Å²) in [4.78, 5) is 11.9. The van der Waals surface area contributed by atoms with Crippen molar-refractivity contribution in [1.29, 1.82) is 0 Å². The van der Waals surface area contributed by atoms with E-state index >= 15 is 0 Å². The van der Waals surface area contributed by atoms with Crippen molar-refractivity contribution in [3.8, 4) is 0 Å². The summed E-state index contributed by atoms with van der Waals surface area (Å²) in [6, 6.07) is -6.66. The third kappa shape index (κ3) is 3.19. The van der Waals surface area contributed by atoms with Crippen LogP contribution in [0.4, 0.5) is 4.79 Å². The molecular weight excluding hydrogens is 266 g/mol. The van der Waals surface area contributed by atoms with Crippen LogP contribution in [0.15, 0.2) is 24.3 Å². The van der Waals surface area contributed by atoms with E-state index in [0.717, 1.165) is 6.20 Å². The Labute approximate surface area is 149 Å². The molecule has 2 N–H and O–H groups in total. The van der Waals surface area contributed by atoms with Gasteiger partial charge in [-0.25, -0.2) is 4.79 Å². The molecule has 0 aliphatic carbocycles. The van der Waals surface area contributed by atoms with Crippen molar-refractivity contribution in [3.05, 3.63) is 35.5 Å². The van der Waals surface area contributed by atoms with Crippen LogP contribution in [0.5, 0.6) is 0 Å². The highest BCUT2D eigenvalue weighted by Gasteiger charge is 2.22. The van der Waals surface area contributed by atoms with Crippen LogP contribution in [-0.2, 0) is 17.5 Å². The number of likely N-dealkylation sites (N-methyl/N-ethyl adjacent to an activating group) is 1. The molecule has 1 fully saturated rings. The quantitative estimate of drug-likeness (QED) is 0.887. The number of amides is 1. The molecule has 0 unspecified atom stereocenters. The van der Waals surface area contributed by atoms with E-state index < -0.39 is 97.4 Å². The Hall–Kier alpha value is -2.01. The van der Waals surface area contributed by atoms with Gasteiger partial charge in [0, 0.05) is 37.3 Å². The van der Waals surface area contributed by atoms with Gasteiger partial charge in [-0.05, 0) is 50.0 Å². The molecule has 1 amide bonds. The van der Waals surface area contributed by atoms with E-state index in [-0.39, 0.29) is 4.90 Å². The van der Waals surface area contributed by atoms with Crippen molar-refractivity contribution < 1.29 is 34.3 Å². The fourth-order valence-corrected chi connectivity index (χ4v) is 1.70. The minimum absolute atomic E-state index is 0.378. The Morgan fingerprint density at radius 1 is 1.71 bits per heavy atom. The van der Waals surface area contributed by atoms with Crippen LogP contribution < -0.4 is 5.31 Å². The highest BCUT2D eigenvalue weighted by atomic mass is 16.6. The molecule has 0 radical (unpaired) electrons. The number of aromatic amines is 1. The standard InChI is InChI=1S/C16H21N3O2/c1-19(2)6-5-12-9-17-15-4-3-11(8-14(12)15)7-13-10-21-16(20)18-13/h3-4,8-9,13,17H,5-7,10H2,1-2H3,(H,18,20)/t13-/m0/s1/i1D3,2D3,3D,4D,6D2,7D2,8D,10D2,13D/hD2. The number of alkyl carbamates (subject to hydrolysis) is 1. The number of H-pyrrole nitrogens is 1. The van der Waals surface area contributed by atoms with Crippen LogP contribution in [0.2, 0.25) is 2.82 Å². The molecule has 2 aromatic rings. The van der Waals surface area contributed by atoms with Crippen LogP contribution in [0, 0.1) is 0 Å². The predicted molar refractivity (Wildman–Crippen MR) is 82.5 cm³/mol. The van der Waals surface area contributed by atoms with Crippen LogP contribution in [0.3, 0.4) is 0 Å². The highest BCUT2D eigenvalue weighted by molar-refractivity contribution is 5.84. The number of rotatable bonds is 5. The van der Waals surface area contributed by atoms with Gasteiger partial charge in [-0.1, -0.05) is 6.04 Å². The van der Waals surface area contributed by atoms with Gasteiger partial charge in [-0.2, -0.15) is 0 Å². The molecule has 1 aliphatic heterocycles. The molecular formula is C16H21N3O2. The maximum Gasteiger partial charge on any atom is 0.407 e. The average Bonchev–Trinajstić information content (AvgIpc) is 3.09. The number of nitrogens with zero attached hydrogens (tertiary/aromatic N) is 1. The summed E-state index contributed by atoms with van der Waals surface area (Å²) in [5, 5.41) is -1.05. The summed E-state index contributed by atoms with van der Waals surface area (Å²) >= 11 is 0. The first-order valence-electron chi connectivity index (χ1n) is 14.6. The number of benzene rings is 1. The summed E-state index contributed by atoms with van der Waals surface area (Å²) in [5.41, 5.74) is -2.17. The van der Waals surface area contributed by atoms with E-state index in [9.17, 15) is 4.79 Å². The van der Waals surface area contributed by atoms with E-state index in [0.29, 0.717) is 4.98 Å². The van der Waals surface area contributed by atoms with Gasteiger partial charge < -0.3 is 19.9 Å². The maximum absolute atomic E-state index is 11.9. The fraction of sp³-hybridized carbons (Fsp3) is 0.438. The lowest BCUT2D eigenvalue weighted by Gasteiger charge is -2.09. The highest BCUT2D eigenvalue weighted by Crippen LogP contribution is 2.21. The van der Waals surface area contributed by atoms with Crippen LogP contribution in [0.1, 0.15) is 33.1 Å². The van der Waals surface area contributed by atoms with Crippen LogP contribution in [0.25, 0.3) is 10.9 Å². The van der Waals surface area contributed by atoms with Gasteiger partial charge in [-0.3, -0.25) is 0 Å². The first kappa shape index (κ1) is 4.04. The third-order valence-electron chi connectivity index (χ3n) is 2.57. The third-order valence-corrected chi connectivity index (χ3v) is 2.57. The molecule has 5 heteroatoms. The first-order chi connectivity index (χ1) is 17.2. The molecule has 112 valence electrons. The molecule has 1 saturated heterocycles. The minimum Gasteiger partial charge on any atom is -0.447 e. The summed E-state index contributed by atoms with van der Waals surface area (Å²) < 4.78 is 148. The number of aryl methyl sites for hydroxylation is 1. The van der Waals surface area contributed by atoms with Gasteiger partial charge in [-0.15, -0.1) is 0 Å². The number of hydrogen-bond donors (Lipinski definition) is 2. The van der Waals surface area contributed by atoms with Gasteiger partial charge in [0.15, 0.2) is 2.82 Å². The zero-order valence-electron chi connectivity index (χ0n) is 28.4. The summed E-state index contributed by atoms with van der Waals surface area (Å²) in [5.74, 6) is 0. The van der Waals surface area contributed by atoms with Gasteiger partial charge >= 0.3 is 6.09 Å². The lowest BCUT2D eigenvalue weighted by molar-refractivity contribution is 0.177. The number of fused-ring (bicyclic) bond motifs is 1. The Balaban J connectivity index is 2.34. The van der Waals surface area contributed by atoms with E-state index in [1.165, 1.54) is 0 Å². The molecule has 1 aromatic carbocycles. The van der Waals surface area contributed by atoms with Gasteiger partial charge in [0.25, 0.3) is 0 Å². The molecule has 5 nitrogen and oxygen atoms in total. The van der Waals surface area contributed by atoms with Crippen molar-refractivity contribution in [2.24, 2.45) is 0 Å². The minimum atomic E-state index is -3.60. The van der Waals surface area contributed by atoms with Crippen molar-refractivity contribution in [2.75, 3.05) is 27.0 Å². The number of cyclic esters (lactones) is 1. The topological polar surface area (TPSA) is 57.4 Å². The van der Waals surface area contributed by atoms with Crippen molar-refractivity contribution in [2.45, 2.75) is 18.8 Å². The van der Waals surface area contributed by atoms with Gasteiger partial charge in [0.05, 0.1) is 14.2 Å². The maximum atomic E-state index is 11.9. The van der Waals surface area contributed by atoms with Gasteiger partial charge in [0.1, 0.15) is 6.56 Å². The van der Waals surface area contributed by atoms with Gasteiger partial charge in [0.2, 0.25) is 0 Å². The Morgan fingerprint density at radius 2 is 2.62 bits per heavy atom. The zero-order chi connectivity index (χ0) is 30.5. The molecule has 2 heterocycles. The first-order valence-corrected chi connectivity index (χ1v) is 5.71. The smallest absolute Gasteiger partial charge is 0.407 e. The fourth-order valence-electron chi connectivity index (χ4n) is 1.70. The average molecular weight is 305 g/mol.